The second-order valence-electron chi connectivity index (χ2n) is 5.45. The summed E-state index contributed by atoms with van der Waals surface area (Å²) in [5.41, 5.74) is 7.32. The van der Waals surface area contributed by atoms with Crippen molar-refractivity contribution in [3.8, 4) is 0 Å². The standard InChI is InChI=1S/C14H23N3OS/c1-2-18-10-6-8-17(9-7-10)14-16-13-11(15)4-3-5-12(13)19-14/h10-11H,2-9,15H2,1H3. The van der Waals surface area contributed by atoms with Gasteiger partial charge in [-0.05, 0) is 39.0 Å². The number of aromatic nitrogens is 1. The number of nitrogens with zero attached hydrogens (tertiary/aromatic N) is 2. The van der Waals surface area contributed by atoms with E-state index in [9.17, 15) is 0 Å². The maximum Gasteiger partial charge on any atom is 0.185 e. The van der Waals surface area contributed by atoms with Crippen LogP contribution in [-0.4, -0.2) is 30.8 Å². The predicted molar refractivity (Wildman–Crippen MR) is 78.8 cm³/mol. The number of anilines is 1. The van der Waals surface area contributed by atoms with E-state index in [1.165, 1.54) is 16.4 Å². The molecule has 0 bridgehead atoms. The van der Waals surface area contributed by atoms with Gasteiger partial charge < -0.3 is 15.4 Å². The van der Waals surface area contributed by atoms with Crippen molar-refractivity contribution >= 4 is 16.5 Å². The van der Waals surface area contributed by atoms with Crippen LogP contribution in [0.25, 0.3) is 0 Å². The first-order valence-electron chi connectivity index (χ1n) is 7.39. The first kappa shape index (κ1) is 13.3. The Balaban J connectivity index is 1.67. The van der Waals surface area contributed by atoms with Crippen LogP contribution in [0.5, 0.6) is 0 Å². The van der Waals surface area contributed by atoms with Crippen molar-refractivity contribution in [2.24, 2.45) is 5.73 Å². The molecule has 106 valence electrons. The second kappa shape index (κ2) is 5.77. The number of piperidine rings is 1. The third-order valence-electron chi connectivity index (χ3n) is 4.10. The first-order chi connectivity index (χ1) is 9.28. The van der Waals surface area contributed by atoms with Gasteiger partial charge in [-0.1, -0.05) is 0 Å². The van der Waals surface area contributed by atoms with Crippen molar-refractivity contribution < 1.29 is 4.74 Å². The molecule has 4 nitrogen and oxygen atoms in total. The minimum Gasteiger partial charge on any atom is -0.378 e. The number of hydrogen-bond acceptors (Lipinski definition) is 5. The molecule has 5 heteroatoms. The summed E-state index contributed by atoms with van der Waals surface area (Å²) in [6.07, 6.45) is 6.13. The molecule has 1 unspecified atom stereocenters. The fraction of sp³-hybridized carbons (Fsp3) is 0.786. The lowest BCUT2D eigenvalue weighted by Gasteiger charge is -2.31. The van der Waals surface area contributed by atoms with Crippen LogP contribution in [0.3, 0.4) is 0 Å². The Morgan fingerprint density at radius 3 is 2.84 bits per heavy atom. The largest absolute Gasteiger partial charge is 0.378 e. The molecule has 1 aliphatic heterocycles. The lowest BCUT2D eigenvalue weighted by Crippen LogP contribution is -2.37. The van der Waals surface area contributed by atoms with Crippen molar-refractivity contribution in [3.63, 3.8) is 0 Å². The van der Waals surface area contributed by atoms with Crippen LogP contribution in [-0.2, 0) is 11.2 Å². The third-order valence-corrected chi connectivity index (χ3v) is 5.29. The van der Waals surface area contributed by atoms with Gasteiger partial charge in [0.05, 0.1) is 11.8 Å². The quantitative estimate of drug-likeness (QED) is 0.925. The Morgan fingerprint density at radius 1 is 1.37 bits per heavy atom. The fourth-order valence-electron chi connectivity index (χ4n) is 3.02. The van der Waals surface area contributed by atoms with E-state index in [1.54, 1.807) is 0 Å². The second-order valence-corrected chi connectivity index (χ2v) is 6.51. The van der Waals surface area contributed by atoms with Gasteiger partial charge in [-0.15, -0.1) is 11.3 Å². The highest BCUT2D eigenvalue weighted by Crippen LogP contribution is 2.36. The van der Waals surface area contributed by atoms with Crippen molar-refractivity contribution in [2.45, 2.75) is 51.2 Å². The number of ether oxygens (including phenoxy) is 1. The van der Waals surface area contributed by atoms with Crippen LogP contribution in [0.1, 0.15) is 49.2 Å². The molecule has 1 saturated heterocycles. The summed E-state index contributed by atoms with van der Waals surface area (Å²) in [6.45, 7) is 5.02. The molecular formula is C14H23N3OS. The number of rotatable bonds is 3. The molecule has 1 aromatic rings. The molecular weight excluding hydrogens is 258 g/mol. The Labute approximate surface area is 119 Å². The summed E-state index contributed by atoms with van der Waals surface area (Å²) in [6, 6.07) is 0.162. The zero-order valence-electron chi connectivity index (χ0n) is 11.6. The summed E-state index contributed by atoms with van der Waals surface area (Å²) >= 11 is 1.85. The lowest BCUT2D eigenvalue weighted by atomic mass is 9.99. The highest BCUT2D eigenvalue weighted by Gasteiger charge is 2.26. The van der Waals surface area contributed by atoms with Crippen LogP contribution in [0.2, 0.25) is 0 Å². The van der Waals surface area contributed by atoms with Crippen LogP contribution in [0, 0.1) is 0 Å². The molecule has 0 saturated carbocycles. The number of hydrogen-bond donors (Lipinski definition) is 1. The zero-order chi connectivity index (χ0) is 13.2. The SMILES string of the molecule is CCOC1CCN(c2nc3c(s2)CCCC3N)CC1. The van der Waals surface area contributed by atoms with Gasteiger partial charge in [-0.2, -0.15) is 0 Å². The molecule has 2 N–H and O–H groups in total. The molecule has 0 amide bonds. The summed E-state index contributed by atoms with van der Waals surface area (Å²) in [7, 11) is 0. The monoisotopic (exact) mass is 281 g/mol. The molecule has 1 atom stereocenters. The van der Waals surface area contributed by atoms with E-state index in [1.807, 2.05) is 11.3 Å². The van der Waals surface area contributed by atoms with Gasteiger partial charge in [0.2, 0.25) is 0 Å². The van der Waals surface area contributed by atoms with E-state index < -0.39 is 0 Å². The fourth-order valence-corrected chi connectivity index (χ4v) is 4.25. The Morgan fingerprint density at radius 2 is 2.16 bits per heavy atom. The van der Waals surface area contributed by atoms with Gasteiger partial charge in [0.1, 0.15) is 0 Å². The number of fused-ring (bicyclic) bond motifs is 1. The van der Waals surface area contributed by atoms with E-state index in [-0.39, 0.29) is 6.04 Å². The zero-order valence-corrected chi connectivity index (χ0v) is 12.4. The molecule has 1 fully saturated rings. The average molecular weight is 281 g/mol. The average Bonchev–Trinajstić information content (AvgIpc) is 2.85. The van der Waals surface area contributed by atoms with E-state index in [0.717, 1.165) is 51.1 Å². The summed E-state index contributed by atoms with van der Waals surface area (Å²) in [4.78, 5) is 8.63. The maximum atomic E-state index is 6.16. The number of aryl methyl sites for hydroxylation is 1. The molecule has 0 radical (unpaired) electrons. The van der Waals surface area contributed by atoms with Crippen LogP contribution in [0.15, 0.2) is 0 Å². The van der Waals surface area contributed by atoms with Crippen molar-refractivity contribution in [1.82, 2.24) is 4.98 Å². The van der Waals surface area contributed by atoms with Gasteiger partial charge in [-0.25, -0.2) is 4.98 Å². The predicted octanol–water partition coefficient (Wildman–Crippen LogP) is 2.48. The summed E-state index contributed by atoms with van der Waals surface area (Å²) < 4.78 is 5.70. The lowest BCUT2D eigenvalue weighted by molar-refractivity contribution is 0.0459. The number of nitrogens with two attached hydrogens (primary N) is 1. The highest BCUT2D eigenvalue weighted by molar-refractivity contribution is 7.15. The molecule has 2 heterocycles. The van der Waals surface area contributed by atoms with Gasteiger partial charge >= 0.3 is 0 Å². The van der Waals surface area contributed by atoms with Crippen molar-refractivity contribution in [1.29, 1.82) is 0 Å². The Hall–Kier alpha value is -0.650. The van der Waals surface area contributed by atoms with Crippen LogP contribution in [0.4, 0.5) is 5.13 Å². The first-order valence-corrected chi connectivity index (χ1v) is 8.21. The molecule has 0 spiro atoms. The number of thiazole rings is 1. The topological polar surface area (TPSA) is 51.4 Å². The summed E-state index contributed by atoms with van der Waals surface area (Å²) in [5.74, 6) is 0. The van der Waals surface area contributed by atoms with Crippen LogP contribution >= 0.6 is 11.3 Å². The molecule has 1 aromatic heterocycles. The van der Waals surface area contributed by atoms with Gasteiger partial charge in [0, 0.05) is 30.6 Å². The van der Waals surface area contributed by atoms with E-state index in [2.05, 4.69) is 11.8 Å². The minimum atomic E-state index is 0.162. The molecule has 1 aliphatic carbocycles. The Bertz CT molecular complexity index is 426. The molecule has 0 aromatic carbocycles. The maximum absolute atomic E-state index is 6.16. The minimum absolute atomic E-state index is 0.162. The van der Waals surface area contributed by atoms with Gasteiger partial charge in [-0.3, -0.25) is 0 Å². The smallest absolute Gasteiger partial charge is 0.185 e. The van der Waals surface area contributed by atoms with E-state index in [0.29, 0.717) is 6.10 Å². The van der Waals surface area contributed by atoms with Crippen LogP contribution < -0.4 is 10.6 Å². The van der Waals surface area contributed by atoms with Gasteiger partial charge in [0.25, 0.3) is 0 Å². The van der Waals surface area contributed by atoms with E-state index in [4.69, 9.17) is 15.5 Å². The summed E-state index contributed by atoms with van der Waals surface area (Å²) in [5, 5.41) is 1.18. The Kier molecular flexibility index (Phi) is 4.05. The highest BCUT2D eigenvalue weighted by atomic mass is 32.1. The molecule has 19 heavy (non-hydrogen) atoms. The molecule has 3 rings (SSSR count). The van der Waals surface area contributed by atoms with Crippen molar-refractivity contribution in [3.05, 3.63) is 10.6 Å². The normalized spacial score (nSPS) is 24.5. The van der Waals surface area contributed by atoms with Gasteiger partial charge in [0.15, 0.2) is 5.13 Å². The third kappa shape index (κ3) is 2.78. The van der Waals surface area contributed by atoms with Crippen molar-refractivity contribution in [2.75, 3.05) is 24.6 Å². The molecule has 2 aliphatic rings. The van der Waals surface area contributed by atoms with E-state index >= 15 is 0 Å².